The number of carbonyl (C=O) groups excluding carboxylic acids is 1. The van der Waals surface area contributed by atoms with E-state index < -0.39 is 17.8 Å². The van der Waals surface area contributed by atoms with Crippen LogP contribution < -0.4 is 5.32 Å². The zero-order valence-electron chi connectivity index (χ0n) is 14.7. The molecule has 3 aromatic heterocycles. The Balaban J connectivity index is 1.71. The minimum atomic E-state index is -0.658. The van der Waals surface area contributed by atoms with Crippen molar-refractivity contribution in [3.8, 4) is 0 Å². The molecule has 0 spiro atoms. The summed E-state index contributed by atoms with van der Waals surface area (Å²) in [7, 11) is 1.80. The maximum Gasteiger partial charge on any atom is 0.291 e. The second kappa shape index (κ2) is 6.60. The molecule has 8 nitrogen and oxygen atoms in total. The number of nitrogens with one attached hydrogen (secondary N) is 1. The normalized spacial score (nSPS) is 12.3. The molecule has 9 heteroatoms. The Hall–Kier alpha value is -3.62. The van der Waals surface area contributed by atoms with Gasteiger partial charge >= 0.3 is 0 Å². The Kier molecular flexibility index (Phi) is 4.11. The Morgan fingerprint density at radius 2 is 2.07 bits per heavy atom. The van der Waals surface area contributed by atoms with Gasteiger partial charge in [-0.25, -0.2) is 18.9 Å². The van der Waals surface area contributed by atoms with Crippen LogP contribution in [0.5, 0.6) is 0 Å². The third-order valence-corrected chi connectivity index (χ3v) is 4.21. The topological polar surface area (TPSA) is 90.0 Å². The molecule has 1 N–H and O–H groups in total. The van der Waals surface area contributed by atoms with Crippen LogP contribution in [-0.4, -0.2) is 35.0 Å². The molecular formula is C18H16FN7O. The SMILES string of the molecule is Cc1ccnc2nc(C(=O)NC(c3cccc(F)c3)c3nccn3C)nn12. The van der Waals surface area contributed by atoms with Crippen molar-refractivity contribution in [2.75, 3.05) is 0 Å². The molecule has 0 aliphatic rings. The highest BCUT2D eigenvalue weighted by atomic mass is 19.1. The molecule has 0 bridgehead atoms. The van der Waals surface area contributed by atoms with E-state index in [4.69, 9.17) is 0 Å². The molecule has 27 heavy (non-hydrogen) atoms. The van der Waals surface area contributed by atoms with Crippen LogP contribution in [0.2, 0.25) is 0 Å². The average Bonchev–Trinajstić information content (AvgIpc) is 3.27. The van der Waals surface area contributed by atoms with E-state index in [-0.39, 0.29) is 5.82 Å². The van der Waals surface area contributed by atoms with Crippen molar-refractivity contribution in [2.45, 2.75) is 13.0 Å². The van der Waals surface area contributed by atoms with Gasteiger partial charge in [0.05, 0.1) is 0 Å². The van der Waals surface area contributed by atoms with Crippen LogP contribution in [0.25, 0.3) is 5.78 Å². The number of amides is 1. The summed E-state index contributed by atoms with van der Waals surface area (Å²) in [5, 5.41) is 7.06. The fourth-order valence-corrected chi connectivity index (χ4v) is 2.84. The maximum absolute atomic E-state index is 13.7. The molecule has 4 aromatic rings. The molecule has 0 aliphatic carbocycles. The summed E-state index contributed by atoms with van der Waals surface area (Å²) in [6.07, 6.45) is 4.97. The van der Waals surface area contributed by atoms with Crippen molar-refractivity contribution in [2.24, 2.45) is 7.05 Å². The summed E-state index contributed by atoms with van der Waals surface area (Å²) in [4.78, 5) is 25.4. The van der Waals surface area contributed by atoms with Gasteiger partial charge in [-0.05, 0) is 30.7 Å². The van der Waals surface area contributed by atoms with Gasteiger partial charge in [-0.1, -0.05) is 12.1 Å². The number of imidazole rings is 1. The van der Waals surface area contributed by atoms with Crippen molar-refractivity contribution in [1.82, 2.24) is 34.4 Å². The van der Waals surface area contributed by atoms with E-state index in [1.807, 2.05) is 6.92 Å². The predicted molar refractivity (Wildman–Crippen MR) is 94.4 cm³/mol. The number of rotatable bonds is 4. The predicted octanol–water partition coefficient (Wildman–Crippen LogP) is 1.82. The molecule has 3 heterocycles. The molecule has 4 rings (SSSR count). The van der Waals surface area contributed by atoms with Gasteiger partial charge in [0, 0.05) is 31.3 Å². The molecule has 1 amide bonds. The Morgan fingerprint density at radius 1 is 1.22 bits per heavy atom. The van der Waals surface area contributed by atoms with E-state index in [2.05, 4.69) is 25.4 Å². The van der Waals surface area contributed by atoms with Gasteiger partial charge < -0.3 is 9.88 Å². The van der Waals surface area contributed by atoms with Crippen LogP contribution in [0.15, 0.2) is 48.9 Å². The van der Waals surface area contributed by atoms with E-state index in [0.717, 1.165) is 5.69 Å². The van der Waals surface area contributed by atoms with Gasteiger partial charge in [-0.2, -0.15) is 4.98 Å². The number of benzene rings is 1. The van der Waals surface area contributed by atoms with E-state index in [1.165, 1.54) is 16.6 Å². The van der Waals surface area contributed by atoms with Gasteiger partial charge in [0.15, 0.2) is 0 Å². The monoisotopic (exact) mass is 365 g/mol. The highest BCUT2D eigenvalue weighted by molar-refractivity contribution is 5.91. The molecule has 136 valence electrons. The van der Waals surface area contributed by atoms with Crippen LogP contribution in [0.4, 0.5) is 4.39 Å². The maximum atomic E-state index is 13.7. The summed E-state index contributed by atoms with van der Waals surface area (Å²) >= 11 is 0. The zero-order valence-corrected chi connectivity index (χ0v) is 14.7. The first-order chi connectivity index (χ1) is 13.0. The molecule has 1 atom stereocenters. The first-order valence-electron chi connectivity index (χ1n) is 8.25. The molecule has 1 unspecified atom stereocenters. The number of nitrogens with zero attached hydrogens (tertiary/aromatic N) is 6. The second-order valence-electron chi connectivity index (χ2n) is 6.09. The van der Waals surface area contributed by atoms with Gasteiger partial charge in [-0.15, -0.1) is 5.10 Å². The lowest BCUT2D eigenvalue weighted by Gasteiger charge is -2.18. The molecule has 0 radical (unpaired) electrons. The fourth-order valence-electron chi connectivity index (χ4n) is 2.84. The van der Waals surface area contributed by atoms with Gasteiger partial charge in [-0.3, -0.25) is 4.79 Å². The van der Waals surface area contributed by atoms with Crippen LogP contribution in [0, 0.1) is 12.7 Å². The molecular weight excluding hydrogens is 349 g/mol. The third-order valence-electron chi connectivity index (χ3n) is 4.21. The zero-order chi connectivity index (χ0) is 19.0. The summed E-state index contributed by atoms with van der Waals surface area (Å²) in [6, 6.07) is 7.14. The van der Waals surface area contributed by atoms with Crippen LogP contribution >= 0.6 is 0 Å². The van der Waals surface area contributed by atoms with Gasteiger partial charge in [0.25, 0.3) is 11.7 Å². The molecule has 0 aliphatic heterocycles. The lowest BCUT2D eigenvalue weighted by molar-refractivity contribution is 0.0931. The van der Waals surface area contributed by atoms with Crippen molar-refractivity contribution in [3.63, 3.8) is 0 Å². The lowest BCUT2D eigenvalue weighted by Crippen LogP contribution is -2.32. The van der Waals surface area contributed by atoms with Crippen molar-refractivity contribution in [3.05, 3.63) is 77.6 Å². The highest BCUT2D eigenvalue weighted by Crippen LogP contribution is 2.21. The summed E-state index contributed by atoms with van der Waals surface area (Å²) in [5.74, 6) is -0.0253. The lowest BCUT2D eigenvalue weighted by atomic mass is 10.1. The molecule has 0 saturated heterocycles. The molecule has 0 saturated carbocycles. The minimum Gasteiger partial charge on any atom is -0.336 e. The average molecular weight is 365 g/mol. The van der Waals surface area contributed by atoms with Crippen molar-refractivity contribution >= 4 is 11.7 Å². The van der Waals surface area contributed by atoms with Crippen LogP contribution in [-0.2, 0) is 7.05 Å². The number of hydrogen-bond acceptors (Lipinski definition) is 5. The standard InChI is InChI=1S/C18H16FN7O/c1-11-6-7-21-18-23-15(24-26(11)18)17(27)22-14(16-20-8-9-25(16)2)12-4-3-5-13(19)10-12/h3-10,14H,1-2H3,(H,22,27). The highest BCUT2D eigenvalue weighted by Gasteiger charge is 2.24. The Bertz CT molecular complexity index is 1130. The van der Waals surface area contributed by atoms with Gasteiger partial charge in [0.2, 0.25) is 5.82 Å². The largest absolute Gasteiger partial charge is 0.336 e. The fraction of sp³-hybridized carbons (Fsp3) is 0.167. The van der Waals surface area contributed by atoms with E-state index >= 15 is 0 Å². The number of carbonyl (C=O) groups is 1. The van der Waals surface area contributed by atoms with E-state index in [0.29, 0.717) is 17.2 Å². The van der Waals surface area contributed by atoms with Gasteiger partial charge in [0.1, 0.15) is 17.7 Å². The second-order valence-corrected chi connectivity index (χ2v) is 6.09. The number of aromatic nitrogens is 6. The third kappa shape index (κ3) is 3.14. The minimum absolute atomic E-state index is 0.0209. The number of fused-ring (bicyclic) bond motifs is 1. The smallest absolute Gasteiger partial charge is 0.291 e. The van der Waals surface area contributed by atoms with Crippen LogP contribution in [0.1, 0.15) is 33.7 Å². The Morgan fingerprint density at radius 3 is 2.78 bits per heavy atom. The van der Waals surface area contributed by atoms with Crippen LogP contribution in [0.3, 0.4) is 0 Å². The Labute approximate surface area is 153 Å². The van der Waals surface area contributed by atoms with E-state index in [1.54, 1.807) is 48.4 Å². The summed E-state index contributed by atoms with van der Waals surface area (Å²) < 4.78 is 17.0. The quantitative estimate of drug-likeness (QED) is 0.596. The molecule has 0 fully saturated rings. The number of aryl methyl sites for hydroxylation is 2. The van der Waals surface area contributed by atoms with Crippen molar-refractivity contribution in [1.29, 1.82) is 0 Å². The van der Waals surface area contributed by atoms with E-state index in [9.17, 15) is 9.18 Å². The summed E-state index contributed by atoms with van der Waals surface area (Å²) in [6.45, 7) is 1.84. The molecule has 1 aromatic carbocycles. The number of hydrogen-bond donors (Lipinski definition) is 1. The van der Waals surface area contributed by atoms with Crippen molar-refractivity contribution < 1.29 is 9.18 Å². The number of halogens is 1. The first-order valence-corrected chi connectivity index (χ1v) is 8.25. The first kappa shape index (κ1) is 16.8. The summed E-state index contributed by atoms with van der Waals surface area (Å²) in [5.41, 5.74) is 1.37.